The molecule has 0 aliphatic heterocycles. The summed E-state index contributed by atoms with van der Waals surface area (Å²) in [7, 11) is 0. The van der Waals surface area contributed by atoms with Crippen LogP contribution in [0.25, 0.3) is 0 Å². The zero-order chi connectivity index (χ0) is 15.2. The van der Waals surface area contributed by atoms with Crippen molar-refractivity contribution in [1.82, 2.24) is 5.32 Å². The molecule has 0 aliphatic carbocycles. The molecular formula is C17H19ClN2O. The molecule has 21 heavy (non-hydrogen) atoms. The number of hydrogen-bond donors (Lipinski definition) is 2. The lowest BCUT2D eigenvalue weighted by Gasteiger charge is -2.10. The number of anilines is 1. The summed E-state index contributed by atoms with van der Waals surface area (Å²) < 4.78 is 0. The van der Waals surface area contributed by atoms with Gasteiger partial charge in [-0.25, -0.2) is 0 Å². The number of nitrogens with one attached hydrogen (secondary N) is 2. The number of hydrogen-bond acceptors (Lipinski definition) is 2. The van der Waals surface area contributed by atoms with E-state index in [2.05, 4.69) is 16.7 Å². The second kappa shape index (κ2) is 7.25. The average molecular weight is 303 g/mol. The number of benzene rings is 2. The minimum Gasteiger partial charge on any atom is -0.325 e. The fraction of sp³-hybridized carbons (Fsp3) is 0.235. The second-order valence-corrected chi connectivity index (χ2v) is 5.54. The Balaban J connectivity index is 1.82. The summed E-state index contributed by atoms with van der Waals surface area (Å²) in [6, 6.07) is 13.6. The fourth-order valence-electron chi connectivity index (χ4n) is 2.12. The molecule has 2 aromatic carbocycles. The van der Waals surface area contributed by atoms with Crippen molar-refractivity contribution in [1.29, 1.82) is 0 Å². The number of halogens is 1. The molecule has 0 saturated carbocycles. The first-order valence-corrected chi connectivity index (χ1v) is 7.24. The van der Waals surface area contributed by atoms with E-state index in [1.54, 1.807) is 0 Å². The lowest BCUT2D eigenvalue weighted by atomic mass is 10.1. The van der Waals surface area contributed by atoms with Gasteiger partial charge in [0.05, 0.1) is 6.54 Å². The molecule has 0 aliphatic rings. The number of aryl methyl sites for hydroxylation is 2. The molecule has 0 heterocycles. The first-order chi connectivity index (χ1) is 10.0. The number of carbonyl (C=O) groups is 1. The first-order valence-electron chi connectivity index (χ1n) is 6.87. The van der Waals surface area contributed by atoms with Gasteiger partial charge in [0.1, 0.15) is 0 Å². The molecule has 2 rings (SSSR count). The van der Waals surface area contributed by atoms with Gasteiger partial charge in [-0.05, 0) is 43.2 Å². The number of carbonyl (C=O) groups excluding carboxylic acids is 1. The second-order valence-electron chi connectivity index (χ2n) is 5.10. The van der Waals surface area contributed by atoms with Gasteiger partial charge in [0, 0.05) is 17.3 Å². The molecule has 2 aromatic rings. The zero-order valence-electron chi connectivity index (χ0n) is 12.2. The van der Waals surface area contributed by atoms with Gasteiger partial charge >= 0.3 is 0 Å². The minimum atomic E-state index is -0.0519. The maximum atomic E-state index is 11.9. The highest BCUT2D eigenvalue weighted by atomic mass is 35.5. The molecule has 0 saturated heterocycles. The smallest absolute Gasteiger partial charge is 0.238 e. The molecule has 2 N–H and O–H groups in total. The highest BCUT2D eigenvalue weighted by molar-refractivity contribution is 6.30. The third kappa shape index (κ3) is 4.88. The van der Waals surface area contributed by atoms with Gasteiger partial charge in [-0.1, -0.05) is 41.4 Å². The summed E-state index contributed by atoms with van der Waals surface area (Å²) in [4.78, 5) is 11.9. The van der Waals surface area contributed by atoms with E-state index in [1.807, 2.05) is 50.2 Å². The van der Waals surface area contributed by atoms with Gasteiger partial charge in [0.2, 0.25) is 5.91 Å². The van der Waals surface area contributed by atoms with Gasteiger partial charge in [0.15, 0.2) is 0 Å². The van der Waals surface area contributed by atoms with Crippen molar-refractivity contribution in [2.24, 2.45) is 0 Å². The van der Waals surface area contributed by atoms with Crippen LogP contribution >= 0.6 is 11.6 Å². The lowest BCUT2D eigenvalue weighted by molar-refractivity contribution is -0.115. The zero-order valence-corrected chi connectivity index (χ0v) is 13.0. The van der Waals surface area contributed by atoms with Crippen LogP contribution in [0.2, 0.25) is 5.02 Å². The molecule has 0 atom stereocenters. The van der Waals surface area contributed by atoms with Crippen molar-refractivity contribution in [3.8, 4) is 0 Å². The topological polar surface area (TPSA) is 41.1 Å². The predicted molar refractivity (Wildman–Crippen MR) is 87.7 cm³/mol. The van der Waals surface area contributed by atoms with E-state index in [0.29, 0.717) is 11.6 Å². The maximum Gasteiger partial charge on any atom is 0.238 e. The normalized spacial score (nSPS) is 10.4. The number of amides is 1. The molecule has 0 fully saturated rings. The van der Waals surface area contributed by atoms with Crippen molar-refractivity contribution in [3.05, 3.63) is 64.2 Å². The summed E-state index contributed by atoms with van der Waals surface area (Å²) in [5, 5.41) is 6.72. The van der Waals surface area contributed by atoms with Crippen LogP contribution in [0.5, 0.6) is 0 Å². The van der Waals surface area contributed by atoms with Crippen LogP contribution in [0.1, 0.15) is 16.7 Å². The van der Waals surface area contributed by atoms with Crippen LogP contribution in [0.3, 0.4) is 0 Å². The van der Waals surface area contributed by atoms with E-state index < -0.39 is 0 Å². The molecule has 4 heteroatoms. The van der Waals surface area contributed by atoms with Gasteiger partial charge in [-0.2, -0.15) is 0 Å². The minimum absolute atomic E-state index is 0.0519. The molecule has 0 radical (unpaired) electrons. The van der Waals surface area contributed by atoms with Crippen LogP contribution in [-0.2, 0) is 11.3 Å². The number of rotatable bonds is 5. The molecule has 0 spiro atoms. The van der Waals surface area contributed by atoms with Crippen molar-refractivity contribution in [3.63, 3.8) is 0 Å². The molecule has 0 bridgehead atoms. The van der Waals surface area contributed by atoms with Crippen LogP contribution in [-0.4, -0.2) is 12.5 Å². The van der Waals surface area contributed by atoms with E-state index in [1.165, 1.54) is 5.56 Å². The Kier molecular flexibility index (Phi) is 5.37. The molecule has 0 unspecified atom stereocenters. The van der Waals surface area contributed by atoms with E-state index in [9.17, 15) is 4.79 Å². The van der Waals surface area contributed by atoms with Crippen LogP contribution in [0.15, 0.2) is 42.5 Å². The molecule has 110 valence electrons. The van der Waals surface area contributed by atoms with E-state index in [4.69, 9.17) is 11.6 Å². The van der Waals surface area contributed by atoms with Crippen molar-refractivity contribution >= 4 is 23.2 Å². The van der Waals surface area contributed by atoms with E-state index in [0.717, 1.165) is 16.8 Å². The maximum absolute atomic E-state index is 11.9. The summed E-state index contributed by atoms with van der Waals surface area (Å²) >= 11 is 5.92. The van der Waals surface area contributed by atoms with Gasteiger partial charge < -0.3 is 10.6 Å². The van der Waals surface area contributed by atoms with Crippen molar-refractivity contribution in [2.75, 3.05) is 11.9 Å². The van der Waals surface area contributed by atoms with Crippen LogP contribution < -0.4 is 10.6 Å². The standard InChI is InChI=1S/C17H19ClN2O/c1-12-6-7-16(13(2)8-12)20-17(21)11-19-10-14-4-3-5-15(18)9-14/h3-9,19H,10-11H2,1-2H3,(H,20,21). The third-order valence-electron chi connectivity index (χ3n) is 3.16. The molecular weight excluding hydrogens is 284 g/mol. The Morgan fingerprint density at radius 3 is 2.67 bits per heavy atom. The quantitative estimate of drug-likeness (QED) is 0.884. The Bertz CT molecular complexity index is 640. The summed E-state index contributed by atoms with van der Waals surface area (Å²) in [6.45, 7) is 4.90. The first kappa shape index (κ1) is 15.5. The van der Waals surface area contributed by atoms with Crippen molar-refractivity contribution < 1.29 is 4.79 Å². The van der Waals surface area contributed by atoms with E-state index in [-0.39, 0.29) is 12.5 Å². The lowest BCUT2D eigenvalue weighted by Crippen LogP contribution is -2.28. The summed E-state index contributed by atoms with van der Waals surface area (Å²) in [5.41, 5.74) is 4.17. The summed E-state index contributed by atoms with van der Waals surface area (Å²) in [6.07, 6.45) is 0. The van der Waals surface area contributed by atoms with Crippen LogP contribution in [0, 0.1) is 13.8 Å². The highest BCUT2D eigenvalue weighted by Crippen LogP contribution is 2.15. The Labute approximate surface area is 130 Å². The Hall–Kier alpha value is -1.84. The third-order valence-corrected chi connectivity index (χ3v) is 3.39. The highest BCUT2D eigenvalue weighted by Gasteiger charge is 2.04. The fourth-order valence-corrected chi connectivity index (χ4v) is 2.33. The molecule has 1 amide bonds. The van der Waals surface area contributed by atoms with Gasteiger partial charge in [-0.15, -0.1) is 0 Å². The van der Waals surface area contributed by atoms with Crippen molar-refractivity contribution in [2.45, 2.75) is 20.4 Å². The largest absolute Gasteiger partial charge is 0.325 e. The Morgan fingerprint density at radius 2 is 1.95 bits per heavy atom. The Morgan fingerprint density at radius 1 is 1.14 bits per heavy atom. The average Bonchev–Trinajstić information content (AvgIpc) is 2.42. The molecule has 3 nitrogen and oxygen atoms in total. The van der Waals surface area contributed by atoms with Crippen LogP contribution in [0.4, 0.5) is 5.69 Å². The van der Waals surface area contributed by atoms with Gasteiger partial charge in [-0.3, -0.25) is 4.79 Å². The molecule has 0 aromatic heterocycles. The van der Waals surface area contributed by atoms with Gasteiger partial charge in [0.25, 0.3) is 0 Å². The monoisotopic (exact) mass is 302 g/mol. The van der Waals surface area contributed by atoms with E-state index >= 15 is 0 Å². The SMILES string of the molecule is Cc1ccc(NC(=O)CNCc2cccc(Cl)c2)c(C)c1. The summed E-state index contributed by atoms with van der Waals surface area (Å²) in [5.74, 6) is -0.0519. The predicted octanol–water partition coefficient (Wildman–Crippen LogP) is 3.69.